The lowest BCUT2D eigenvalue weighted by Gasteiger charge is -2.27. The highest BCUT2D eigenvalue weighted by atomic mass is 32.2. The van der Waals surface area contributed by atoms with Crippen molar-refractivity contribution in [1.29, 1.82) is 0 Å². The fourth-order valence-electron chi connectivity index (χ4n) is 1.47. The first-order chi connectivity index (χ1) is 6.19. The van der Waals surface area contributed by atoms with Gasteiger partial charge in [-0.3, -0.25) is 4.55 Å². The van der Waals surface area contributed by atoms with Crippen LogP contribution in [0, 0.1) is 5.41 Å². The first kappa shape index (κ1) is 13.9. The third-order valence-electron chi connectivity index (χ3n) is 2.20. The topological polar surface area (TPSA) is 74.6 Å². The van der Waals surface area contributed by atoms with Gasteiger partial charge in [0.1, 0.15) is 0 Å². The molecule has 0 aromatic carbocycles. The molecule has 0 rings (SSSR count). The van der Waals surface area contributed by atoms with Crippen LogP contribution in [0.15, 0.2) is 0 Å². The van der Waals surface area contributed by atoms with E-state index in [-0.39, 0.29) is 6.61 Å². The second-order valence-corrected chi connectivity index (χ2v) is 6.19. The van der Waals surface area contributed by atoms with Crippen molar-refractivity contribution in [3.63, 3.8) is 0 Å². The van der Waals surface area contributed by atoms with Crippen LogP contribution in [0.3, 0.4) is 0 Å². The highest BCUT2D eigenvalue weighted by Crippen LogP contribution is 2.28. The highest BCUT2D eigenvalue weighted by molar-refractivity contribution is 7.86. The zero-order valence-corrected chi connectivity index (χ0v) is 9.84. The van der Waals surface area contributed by atoms with Gasteiger partial charge in [0, 0.05) is 6.61 Å². The van der Waals surface area contributed by atoms with Crippen LogP contribution in [0.25, 0.3) is 0 Å². The van der Waals surface area contributed by atoms with E-state index in [0.717, 1.165) is 0 Å². The molecule has 0 aliphatic carbocycles. The highest BCUT2D eigenvalue weighted by Gasteiger charge is 2.34. The largest absolute Gasteiger partial charge is 0.396 e. The van der Waals surface area contributed by atoms with Gasteiger partial charge < -0.3 is 5.11 Å². The fourth-order valence-corrected chi connectivity index (χ4v) is 2.83. The first-order valence-corrected chi connectivity index (χ1v) is 6.27. The zero-order valence-electron chi connectivity index (χ0n) is 9.02. The molecule has 0 aromatic rings. The quantitative estimate of drug-likeness (QED) is 0.547. The second kappa shape index (κ2) is 5.09. The van der Waals surface area contributed by atoms with E-state index in [9.17, 15) is 8.42 Å². The maximum absolute atomic E-state index is 11.1. The summed E-state index contributed by atoms with van der Waals surface area (Å²) in [6.07, 6.45) is 1.57. The molecule has 0 spiro atoms. The summed E-state index contributed by atoms with van der Waals surface area (Å²) in [5.41, 5.74) is -0.469. The molecule has 0 aromatic heterocycles. The van der Waals surface area contributed by atoms with Gasteiger partial charge in [-0.1, -0.05) is 20.8 Å². The van der Waals surface area contributed by atoms with Crippen molar-refractivity contribution in [1.82, 2.24) is 0 Å². The fraction of sp³-hybridized carbons (Fsp3) is 1.00. The SMILES string of the molecule is CC(C)(C)C(CCCCO)S(=O)(=O)O. The Kier molecular flexibility index (Phi) is 5.05. The Balaban J connectivity index is 4.45. The summed E-state index contributed by atoms with van der Waals surface area (Å²) in [4.78, 5) is 0. The van der Waals surface area contributed by atoms with Gasteiger partial charge in [-0.25, -0.2) is 0 Å². The number of unbranched alkanes of at least 4 members (excludes halogenated alkanes) is 1. The van der Waals surface area contributed by atoms with E-state index in [1.54, 1.807) is 20.8 Å². The number of hydrogen-bond acceptors (Lipinski definition) is 3. The second-order valence-electron chi connectivity index (χ2n) is 4.59. The van der Waals surface area contributed by atoms with Crippen LogP contribution in [-0.2, 0) is 10.1 Å². The molecule has 1 unspecified atom stereocenters. The molecule has 1 atom stereocenters. The Morgan fingerprint density at radius 2 is 1.71 bits per heavy atom. The summed E-state index contributed by atoms with van der Waals surface area (Å²) in [7, 11) is -3.98. The number of hydrogen-bond donors (Lipinski definition) is 2. The van der Waals surface area contributed by atoms with E-state index >= 15 is 0 Å². The first-order valence-electron chi connectivity index (χ1n) is 4.76. The van der Waals surface area contributed by atoms with Crippen LogP contribution < -0.4 is 0 Å². The average Bonchev–Trinajstić information content (AvgIpc) is 1.92. The molecule has 0 fully saturated rings. The third-order valence-corrected chi connectivity index (χ3v) is 3.86. The van der Waals surface area contributed by atoms with Crippen molar-refractivity contribution in [2.24, 2.45) is 5.41 Å². The maximum atomic E-state index is 11.1. The standard InChI is InChI=1S/C9H20O4S/c1-9(2,3)8(14(11,12)13)6-4-5-7-10/h8,10H,4-7H2,1-3H3,(H,11,12,13). The molecule has 0 aliphatic rings. The zero-order chi connectivity index (χ0) is 11.4. The van der Waals surface area contributed by atoms with Crippen LogP contribution in [-0.4, -0.2) is 29.9 Å². The molecule has 0 saturated carbocycles. The van der Waals surface area contributed by atoms with Crippen LogP contribution in [0.5, 0.6) is 0 Å². The number of rotatable bonds is 5. The van der Waals surface area contributed by atoms with Gasteiger partial charge >= 0.3 is 0 Å². The van der Waals surface area contributed by atoms with Crippen molar-refractivity contribution >= 4 is 10.1 Å². The third kappa shape index (κ3) is 4.93. The lowest BCUT2D eigenvalue weighted by Crippen LogP contribution is -2.34. The van der Waals surface area contributed by atoms with Crippen LogP contribution in [0.1, 0.15) is 40.0 Å². The minimum Gasteiger partial charge on any atom is -0.396 e. The van der Waals surface area contributed by atoms with E-state index in [0.29, 0.717) is 19.3 Å². The summed E-state index contributed by atoms with van der Waals surface area (Å²) in [5.74, 6) is 0. The monoisotopic (exact) mass is 224 g/mol. The Morgan fingerprint density at radius 3 is 2.00 bits per heavy atom. The Hall–Kier alpha value is -0.130. The summed E-state index contributed by atoms with van der Waals surface area (Å²) in [6, 6.07) is 0. The minimum atomic E-state index is -3.98. The lowest BCUT2D eigenvalue weighted by atomic mass is 9.89. The van der Waals surface area contributed by atoms with E-state index in [4.69, 9.17) is 9.66 Å². The molecule has 0 amide bonds. The predicted octanol–water partition coefficient (Wildman–Crippen LogP) is 1.45. The molecule has 0 radical (unpaired) electrons. The van der Waals surface area contributed by atoms with Crippen LogP contribution >= 0.6 is 0 Å². The Morgan fingerprint density at radius 1 is 1.21 bits per heavy atom. The predicted molar refractivity (Wildman–Crippen MR) is 55.7 cm³/mol. The molecule has 4 nitrogen and oxygen atoms in total. The molecule has 5 heteroatoms. The van der Waals surface area contributed by atoms with Crippen molar-refractivity contribution in [3.05, 3.63) is 0 Å². The lowest BCUT2D eigenvalue weighted by molar-refractivity contribution is 0.273. The van der Waals surface area contributed by atoms with Gasteiger partial charge in [-0.2, -0.15) is 8.42 Å². The van der Waals surface area contributed by atoms with E-state index < -0.39 is 20.8 Å². The van der Waals surface area contributed by atoms with Gasteiger partial charge in [0.25, 0.3) is 10.1 Å². The molecule has 86 valence electrons. The summed E-state index contributed by atoms with van der Waals surface area (Å²) in [6.45, 7) is 5.40. The van der Waals surface area contributed by atoms with Gasteiger partial charge in [0.05, 0.1) is 5.25 Å². The molecule has 0 bridgehead atoms. The molecule has 2 N–H and O–H groups in total. The minimum absolute atomic E-state index is 0.0579. The Labute approximate surface area is 86.1 Å². The van der Waals surface area contributed by atoms with Crippen molar-refractivity contribution in [2.45, 2.75) is 45.3 Å². The normalized spacial score (nSPS) is 15.5. The molecule has 0 aliphatic heterocycles. The van der Waals surface area contributed by atoms with Crippen LogP contribution in [0.4, 0.5) is 0 Å². The van der Waals surface area contributed by atoms with E-state index in [2.05, 4.69) is 0 Å². The van der Waals surface area contributed by atoms with E-state index in [1.165, 1.54) is 0 Å². The Bertz CT molecular complexity index is 250. The van der Waals surface area contributed by atoms with Crippen LogP contribution in [0.2, 0.25) is 0 Å². The van der Waals surface area contributed by atoms with Gasteiger partial charge in [0.15, 0.2) is 0 Å². The average molecular weight is 224 g/mol. The molecule has 0 heterocycles. The molecular formula is C9H20O4S. The number of aliphatic hydroxyl groups excluding tert-OH is 1. The summed E-state index contributed by atoms with van der Waals surface area (Å²) >= 11 is 0. The smallest absolute Gasteiger partial charge is 0.268 e. The van der Waals surface area contributed by atoms with Crippen molar-refractivity contribution < 1.29 is 18.1 Å². The molecule has 14 heavy (non-hydrogen) atoms. The summed E-state index contributed by atoms with van der Waals surface area (Å²) in [5, 5.41) is 7.82. The van der Waals surface area contributed by atoms with Crippen molar-refractivity contribution in [2.75, 3.05) is 6.61 Å². The van der Waals surface area contributed by atoms with Crippen molar-refractivity contribution in [3.8, 4) is 0 Å². The molecular weight excluding hydrogens is 204 g/mol. The summed E-state index contributed by atoms with van der Waals surface area (Å²) < 4.78 is 31.2. The molecule has 0 saturated heterocycles. The van der Waals surface area contributed by atoms with Gasteiger partial charge in [-0.05, 0) is 24.7 Å². The number of aliphatic hydroxyl groups is 1. The van der Waals surface area contributed by atoms with E-state index in [1.807, 2.05) is 0 Å². The maximum Gasteiger partial charge on any atom is 0.268 e. The van der Waals surface area contributed by atoms with Gasteiger partial charge in [0.2, 0.25) is 0 Å². The van der Waals surface area contributed by atoms with Gasteiger partial charge in [-0.15, -0.1) is 0 Å².